The number of rotatable bonds is 7. The number of anilines is 1. The Hall–Kier alpha value is -0.150. The molecule has 0 aliphatic heterocycles. The molecular formula is C14H22BrNS. The lowest BCUT2D eigenvalue weighted by Gasteiger charge is -2.14. The van der Waals surface area contributed by atoms with Crippen molar-refractivity contribution in [2.24, 2.45) is 5.92 Å². The maximum atomic E-state index is 5.98. The zero-order valence-electron chi connectivity index (χ0n) is 10.7. The molecule has 1 aromatic rings. The molecule has 3 heteroatoms. The smallest absolute Gasteiger partial charge is 0.0453 e. The van der Waals surface area contributed by atoms with Crippen molar-refractivity contribution in [3.63, 3.8) is 0 Å². The van der Waals surface area contributed by atoms with Crippen molar-refractivity contribution in [2.45, 2.75) is 44.4 Å². The van der Waals surface area contributed by atoms with Crippen molar-refractivity contribution >= 4 is 33.4 Å². The summed E-state index contributed by atoms with van der Waals surface area (Å²) in [6.45, 7) is 4.54. The van der Waals surface area contributed by atoms with Crippen LogP contribution in [0, 0.1) is 5.92 Å². The van der Waals surface area contributed by atoms with E-state index in [0.29, 0.717) is 0 Å². The van der Waals surface area contributed by atoms with Crippen LogP contribution in [0.15, 0.2) is 27.6 Å². The van der Waals surface area contributed by atoms with Crippen molar-refractivity contribution in [1.29, 1.82) is 0 Å². The molecule has 0 amide bonds. The Morgan fingerprint density at radius 3 is 2.76 bits per heavy atom. The molecule has 0 spiro atoms. The van der Waals surface area contributed by atoms with Crippen molar-refractivity contribution in [3.8, 4) is 0 Å². The first kappa shape index (κ1) is 14.9. The van der Waals surface area contributed by atoms with Crippen LogP contribution in [0.25, 0.3) is 0 Å². The molecule has 0 saturated heterocycles. The number of nitrogens with two attached hydrogens (primary N) is 1. The molecule has 0 heterocycles. The largest absolute Gasteiger partial charge is 0.398 e. The normalized spacial score (nSPS) is 12.6. The summed E-state index contributed by atoms with van der Waals surface area (Å²) >= 11 is 5.38. The standard InChI is InChI=1S/C14H22BrNS/c1-3-5-6-11(4-2)10-17-14-9-12(15)7-8-13(14)16/h7-9,11H,3-6,10,16H2,1-2H3. The Morgan fingerprint density at radius 1 is 1.35 bits per heavy atom. The average molecular weight is 316 g/mol. The van der Waals surface area contributed by atoms with E-state index in [4.69, 9.17) is 5.73 Å². The maximum Gasteiger partial charge on any atom is 0.0453 e. The van der Waals surface area contributed by atoms with E-state index in [9.17, 15) is 0 Å². The van der Waals surface area contributed by atoms with E-state index >= 15 is 0 Å². The first-order valence-electron chi connectivity index (χ1n) is 6.35. The summed E-state index contributed by atoms with van der Waals surface area (Å²) in [5, 5.41) is 0. The summed E-state index contributed by atoms with van der Waals surface area (Å²) in [5.74, 6) is 2.00. The predicted molar refractivity (Wildman–Crippen MR) is 82.6 cm³/mol. The number of benzene rings is 1. The van der Waals surface area contributed by atoms with Gasteiger partial charge in [0.05, 0.1) is 0 Å². The van der Waals surface area contributed by atoms with E-state index in [0.717, 1.165) is 16.1 Å². The molecule has 0 saturated carbocycles. The third-order valence-corrected chi connectivity index (χ3v) is 4.79. The minimum absolute atomic E-state index is 0.818. The summed E-state index contributed by atoms with van der Waals surface area (Å²) in [6.07, 6.45) is 5.24. The zero-order chi connectivity index (χ0) is 12.7. The Bertz CT molecular complexity index is 341. The van der Waals surface area contributed by atoms with E-state index in [1.165, 1.54) is 36.3 Å². The van der Waals surface area contributed by atoms with E-state index in [1.807, 2.05) is 23.9 Å². The molecule has 1 rings (SSSR count). The van der Waals surface area contributed by atoms with Gasteiger partial charge in [-0.05, 0) is 30.5 Å². The monoisotopic (exact) mass is 315 g/mol. The molecule has 0 aliphatic carbocycles. The van der Waals surface area contributed by atoms with Crippen LogP contribution >= 0.6 is 27.7 Å². The Labute approximate surface area is 118 Å². The number of hydrogen-bond donors (Lipinski definition) is 1. The second kappa shape index (κ2) is 8.04. The maximum absolute atomic E-state index is 5.98. The number of halogens is 1. The summed E-state index contributed by atoms with van der Waals surface area (Å²) in [4.78, 5) is 1.20. The topological polar surface area (TPSA) is 26.0 Å². The molecule has 17 heavy (non-hydrogen) atoms. The molecule has 0 aliphatic rings. The first-order valence-corrected chi connectivity index (χ1v) is 8.13. The van der Waals surface area contributed by atoms with Gasteiger partial charge in [0, 0.05) is 20.8 Å². The van der Waals surface area contributed by atoms with Crippen LogP contribution < -0.4 is 5.73 Å². The molecule has 0 aromatic heterocycles. The van der Waals surface area contributed by atoms with Gasteiger partial charge in [-0.3, -0.25) is 0 Å². The lowest BCUT2D eigenvalue weighted by Crippen LogP contribution is -2.02. The molecule has 1 nitrogen and oxygen atoms in total. The van der Waals surface area contributed by atoms with Crippen molar-refractivity contribution in [2.75, 3.05) is 11.5 Å². The summed E-state index contributed by atoms with van der Waals surface area (Å²) in [7, 11) is 0. The zero-order valence-corrected chi connectivity index (χ0v) is 13.1. The van der Waals surface area contributed by atoms with Crippen LogP contribution in [0.2, 0.25) is 0 Å². The van der Waals surface area contributed by atoms with Gasteiger partial charge in [-0.1, -0.05) is 49.0 Å². The first-order chi connectivity index (χ1) is 8.17. The highest BCUT2D eigenvalue weighted by Crippen LogP contribution is 2.31. The van der Waals surface area contributed by atoms with Gasteiger partial charge < -0.3 is 5.73 Å². The molecule has 0 radical (unpaired) electrons. The number of nitrogen functional groups attached to an aromatic ring is 1. The Morgan fingerprint density at radius 2 is 2.12 bits per heavy atom. The Balaban J connectivity index is 2.50. The van der Waals surface area contributed by atoms with Gasteiger partial charge in [-0.25, -0.2) is 0 Å². The SMILES string of the molecule is CCCCC(CC)CSc1cc(Br)ccc1N. The van der Waals surface area contributed by atoms with E-state index in [2.05, 4.69) is 35.8 Å². The fraction of sp³-hybridized carbons (Fsp3) is 0.571. The lowest BCUT2D eigenvalue weighted by atomic mass is 10.0. The third-order valence-electron chi connectivity index (χ3n) is 2.99. The fourth-order valence-corrected chi connectivity index (χ4v) is 3.51. The average Bonchev–Trinajstić information content (AvgIpc) is 2.33. The second-order valence-electron chi connectivity index (χ2n) is 4.41. The fourth-order valence-electron chi connectivity index (χ4n) is 1.74. The van der Waals surface area contributed by atoms with Gasteiger partial charge in [0.1, 0.15) is 0 Å². The van der Waals surface area contributed by atoms with E-state index < -0.39 is 0 Å². The summed E-state index contributed by atoms with van der Waals surface area (Å²) in [5.41, 5.74) is 6.87. The quantitative estimate of drug-likeness (QED) is 0.543. The molecular weight excluding hydrogens is 294 g/mol. The van der Waals surface area contributed by atoms with E-state index in [-0.39, 0.29) is 0 Å². The van der Waals surface area contributed by atoms with Gasteiger partial charge in [-0.2, -0.15) is 0 Å². The molecule has 0 fully saturated rings. The second-order valence-corrected chi connectivity index (χ2v) is 6.39. The van der Waals surface area contributed by atoms with Gasteiger partial charge in [0.15, 0.2) is 0 Å². The predicted octanol–water partition coefficient (Wildman–Crippen LogP) is 5.34. The molecule has 1 atom stereocenters. The van der Waals surface area contributed by atoms with Crippen LogP contribution in [0.3, 0.4) is 0 Å². The number of thioether (sulfide) groups is 1. The number of unbranched alkanes of at least 4 members (excludes halogenated alkanes) is 1. The molecule has 96 valence electrons. The highest BCUT2D eigenvalue weighted by Gasteiger charge is 2.08. The summed E-state index contributed by atoms with van der Waals surface area (Å²) in [6, 6.07) is 6.08. The molecule has 2 N–H and O–H groups in total. The van der Waals surface area contributed by atoms with Crippen molar-refractivity contribution < 1.29 is 0 Å². The summed E-state index contributed by atoms with van der Waals surface area (Å²) < 4.78 is 1.11. The lowest BCUT2D eigenvalue weighted by molar-refractivity contribution is 0.499. The highest BCUT2D eigenvalue weighted by atomic mass is 79.9. The highest BCUT2D eigenvalue weighted by molar-refractivity contribution is 9.10. The van der Waals surface area contributed by atoms with Crippen LogP contribution in [0.4, 0.5) is 5.69 Å². The molecule has 1 unspecified atom stereocenters. The molecule has 1 aromatic carbocycles. The van der Waals surface area contributed by atoms with Crippen LogP contribution in [0.5, 0.6) is 0 Å². The number of hydrogen-bond acceptors (Lipinski definition) is 2. The van der Waals surface area contributed by atoms with Gasteiger partial charge in [0.2, 0.25) is 0 Å². The van der Waals surface area contributed by atoms with Crippen LogP contribution in [-0.4, -0.2) is 5.75 Å². The van der Waals surface area contributed by atoms with Crippen LogP contribution in [0.1, 0.15) is 39.5 Å². The molecule has 0 bridgehead atoms. The van der Waals surface area contributed by atoms with Gasteiger partial charge >= 0.3 is 0 Å². The van der Waals surface area contributed by atoms with Gasteiger partial charge in [-0.15, -0.1) is 11.8 Å². The van der Waals surface area contributed by atoms with E-state index in [1.54, 1.807) is 0 Å². The van der Waals surface area contributed by atoms with Crippen LogP contribution in [-0.2, 0) is 0 Å². The minimum Gasteiger partial charge on any atom is -0.398 e. The third kappa shape index (κ3) is 5.35. The van der Waals surface area contributed by atoms with Crippen molar-refractivity contribution in [3.05, 3.63) is 22.7 Å². The Kier molecular flexibility index (Phi) is 7.05. The van der Waals surface area contributed by atoms with Gasteiger partial charge in [0.25, 0.3) is 0 Å². The minimum atomic E-state index is 0.818. The van der Waals surface area contributed by atoms with Crippen molar-refractivity contribution in [1.82, 2.24) is 0 Å².